The Kier molecular flexibility index (Phi) is 4.69. The van der Waals surface area contributed by atoms with E-state index in [9.17, 15) is 10.1 Å². The summed E-state index contributed by atoms with van der Waals surface area (Å²) in [6.07, 6.45) is 1.50. The molecule has 0 radical (unpaired) electrons. The summed E-state index contributed by atoms with van der Waals surface area (Å²) in [6.45, 7) is 2.56. The van der Waals surface area contributed by atoms with Crippen molar-refractivity contribution in [3.63, 3.8) is 0 Å². The smallest absolute Gasteiger partial charge is 0.292 e. The first-order chi connectivity index (χ1) is 9.20. The van der Waals surface area contributed by atoms with Gasteiger partial charge in [-0.2, -0.15) is 4.37 Å². The number of aromatic nitrogens is 2. The average molecular weight is 296 g/mol. The zero-order chi connectivity index (χ0) is 13.7. The second kappa shape index (κ2) is 6.48. The van der Waals surface area contributed by atoms with Crippen LogP contribution in [0.2, 0.25) is 0 Å². The lowest BCUT2D eigenvalue weighted by molar-refractivity contribution is -0.384. The molecule has 0 aliphatic rings. The lowest BCUT2D eigenvalue weighted by Gasteiger charge is -2.06. The first-order valence-electron chi connectivity index (χ1n) is 5.61. The van der Waals surface area contributed by atoms with Gasteiger partial charge < -0.3 is 5.32 Å². The van der Waals surface area contributed by atoms with Gasteiger partial charge in [0.15, 0.2) is 4.34 Å². The Balaban J connectivity index is 2.13. The highest BCUT2D eigenvalue weighted by Gasteiger charge is 2.14. The number of nitro groups is 1. The molecule has 1 heterocycles. The Hall–Kier alpha value is -1.67. The average Bonchev–Trinajstić information content (AvgIpc) is 2.91. The van der Waals surface area contributed by atoms with Gasteiger partial charge in [-0.3, -0.25) is 10.1 Å². The molecule has 0 fully saturated rings. The molecule has 0 unspecified atom stereocenters. The third kappa shape index (κ3) is 3.65. The molecular weight excluding hydrogens is 284 g/mol. The van der Waals surface area contributed by atoms with E-state index in [0.717, 1.165) is 9.90 Å². The molecule has 100 valence electrons. The monoisotopic (exact) mass is 296 g/mol. The summed E-state index contributed by atoms with van der Waals surface area (Å²) in [4.78, 5) is 14.7. The molecule has 0 atom stereocenters. The second-order valence-electron chi connectivity index (χ2n) is 3.63. The van der Waals surface area contributed by atoms with Crippen LogP contribution in [0.5, 0.6) is 0 Å². The fraction of sp³-hybridized carbons (Fsp3) is 0.273. The minimum Gasteiger partial charge on any atom is -0.380 e. The third-order valence-electron chi connectivity index (χ3n) is 2.33. The standard InChI is InChI=1S/C11H12N4O2S2/c1-2-12-9-4-3-8(5-10(9)15(16)17)6-18-11-13-7-14-19-11/h3-5,7,12H,2,6H2,1H3. The van der Waals surface area contributed by atoms with Crippen LogP contribution in [0, 0.1) is 10.1 Å². The maximum absolute atomic E-state index is 11.0. The number of hydrogen-bond acceptors (Lipinski definition) is 7. The van der Waals surface area contributed by atoms with E-state index in [1.54, 1.807) is 12.1 Å². The fourth-order valence-electron chi connectivity index (χ4n) is 1.53. The number of thioether (sulfide) groups is 1. The first kappa shape index (κ1) is 13.8. The van der Waals surface area contributed by atoms with Crippen LogP contribution in [-0.2, 0) is 5.75 Å². The quantitative estimate of drug-likeness (QED) is 0.501. The van der Waals surface area contributed by atoms with Gasteiger partial charge in [-0.1, -0.05) is 17.8 Å². The van der Waals surface area contributed by atoms with E-state index in [1.165, 1.54) is 29.6 Å². The molecule has 1 aromatic heterocycles. The molecule has 2 aromatic rings. The highest BCUT2D eigenvalue weighted by molar-refractivity contribution is 8.00. The van der Waals surface area contributed by atoms with Crippen molar-refractivity contribution in [2.75, 3.05) is 11.9 Å². The topological polar surface area (TPSA) is 81.0 Å². The molecule has 0 saturated carbocycles. The van der Waals surface area contributed by atoms with Crippen LogP contribution in [0.4, 0.5) is 11.4 Å². The number of benzene rings is 1. The van der Waals surface area contributed by atoms with Gasteiger partial charge in [0.05, 0.1) is 4.92 Å². The molecule has 2 rings (SSSR count). The number of nitrogens with zero attached hydrogens (tertiary/aromatic N) is 3. The number of nitrogens with one attached hydrogen (secondary N) is 1. The van der Waals surface area contributed by atoms with Gasteiger partial charge in [0.2, 0.25) is 0 Å². The molecule has 0 aliphatic heterocycles. The van der Waals surface area contributed by atoms with Crippen LogP contribution >= 0.6 is 23.3 Å². The molecule has 0 spiro atoms. The van der Waals surface area contributed by atoms with Gasteiger partial charge in [-0.05, 0) is 30.1 Å². The van der Waals surface area contributed by atoms with Gasteiger partial charge in [-0.15, -0.1) is 0 Å². The molecule has 0 aliphatic carbocycles. The zero-order valence-corrected chi connectivity index (χ0v) is 11.8. The first-order valence-corrected chi connectivity index (χ1v) is 7.37. The van der Waals surface area contributed by atoms with Crippen molar-refractivity contribution in [2.24, 2.45) is 0 Å². The number of rotatable bonds is 6. The number of hydrogen-bond donors (Lipinski definition) is 1. The van der Waals surface area contributed by atoms with Crippen molar-refractivity contribution >= 4 is 34.7 Å². The molecule has 6 nitrogen and oxygen atoms in total. The fourth-order valence-corrected chi connectivity index (χ4v) is 2.92. The Morgan fingerprint density at radius 3 is 3.00 bits per heavy atom. The predicted molar refractivity (Wildman–Crippen MR) is 76.7 cm³/mol. The van der Waals surface area contributed by atoms with Crippen LogP contribution in [0.25, 0.3) is 0 Å². The normalized spacial score (nSPS) is 10.4. The minimum atomic E-state index is -0.364. The van der Waals surface area contributed by atoms with Gasteiger partial charge in [0.1, 0.15) is 12.0 Å². The van der Waals surface area contributed by atoms with E-state index in [-0.39, 0.29) is 10.6 Å². The van der Waals surface area contributed by atoms with Crippen molar-refractivity contribution in [2.45, 2.75) is 17.0 Å². The zero-order valence-electron chi connectivity index (χ0n) is 10.2. The summed E-state index contributed by atoms with van der Waals surface area (Å²) in [5.41, 5.74) is 1.56. The van der Waals surface area contributed by atoms with Crippen LogP contribution in [0.15, 0.2) is 28.9 Å². The summed E-state index contributed by atoms with van der Waals surface area (Å²) >= 11 is 2.84. The van der Waals surface area contributed by atoms with E-state index in [4.69, 9.17) is 0 Å². The van der Waals surface area contributed by atoms with E-state index in [0.29, 0.717) is 18.0 Å². The van der Waals surface area contributed by atoms with Crippen LogP contribution in [0.3, 0.4) is 0 Å². The second-order valence-corrected chi connectivity index (χ2v) is 5.64. The molecular formula is C11H12N4O2S2. The van der Waals surface area contributed by atoms with Crippen molar-refractivity contribution in [3.05, 3.63) is 40.2 Å². The Labute approximate surface area is 118 Å². The number of anilines is 1. The lowest BCUT2D eigenvalue weighted by Crippen LogP contribution is -2.01. The summed E-state index contributed by atoms with van der Waals surface area (Å²) in [6, 6.07) is 5.24. The van der Waals surface area contributed by atoms with E-state index < -0.39 is 0 Å². The number of nitro benzene ring substituents is 1. The Morgan fingerprint density at radius 2 is 2.37 bits per heavy atom. The van der Waals surface area contributed by atoms with Crippen molar-refractivity contribution in [3.8, 4) is 0 Å². The van der Waals surface area contributed by atoms with Crippen molar-refractivity contribution < 1.29 is 4.92 Å². The van der Waals surface area contributed by atoms with Crippen molar-refractivity contribution in [1.82, 2.24) is 9.36 Å². The predicted octanol–water partition coefficient (Wildman–Crippen LogP) is 3.17. The summed E-state index contributed by atoms with van der Waals surface area (Å²) in [5, 5.41) is 14.0. The maximum atomic E-state index is 11.0. The van der Waals surface area contributed by atoms with Crippen molar-refractivity contribution in [1.29, 1.82) is 0 Å². The highest BCUT2D eigenvalue weighted by Crippen LogP contribution is 2.29. The van der Waals surface area contributed by atoms with E-state index in [2.05, 4.69) is 14.7 Å². The molecule has 0 saturated heterocycles. The van der Waals surface area contributed by atoms with E-state index in [1.807, 2.05) is 13.0 Å². The van der Waals surface area contributed by atoms with Gasteiger partial charge in [0, 0.05) is 18.4 Å². The highest BCUT2D eigenvalue weighted by atomic mass is 32.2. The maximum Gasteiger partial charge on any atom is 0.292 e. The third-order valence-corrected chi connectivity index (χ3v) is 4.20. The van der Waals surface area contributed by atoms with Crippen LogP contribution < -0.4 is 5.32 Å². The molecule has 0 amide bonds. The molecule has 1 N–H and O–H groups in total. The lowest BCUT2D eigenvalue weighted by atomic mass is 10.2. The molecule has 1 aromatic carbocycles. The van der Waals surface area contributed by atoms with Gasteiger partial charge in [0.25, 0.3) is 5.69 Å². The molecule has 0 bridgehead atoms. The summed E-state index contributed by atoms with van der Waals surface area (Å²) in [7, 11) is 0. The molecule has 8 heteroatoms. The largest absolute Gasteiger partial charge is 0.380 e. The van der Waals surface area contributed by atoms with Gasteiger partial charge in [-0.25, -0.2) is 4.98 Å². The Bertz CT molecular complexity index is 560. The summed E-state index contributed by atoms with van der Waals surface area (Å²) in [5.74, 6) is 0.641. The summed E-state index contributed by atoms with van der Waals surface area (Å²) < 4.78 is 4.77. The van der Waals surface area contributed by atoms with E-state index >= 15 is 0 Å². The SMILES string of the molecule is CCNc1ccc(CSc2ncns2)cc1[N+](=O)[O-]. The van der Waals surface area contributed by atoms with Crippen LogP contribution in [0.1, 0.15) is 12.5 Å². The Morgan fingerprint density at radius 1 is 1.53 bits per heavy atom. The minimum absolute atomic E-state index is 0.109. The molecule has 19 heavy (non-hydrogen) atoms. The van der Waals surface area contributed by atoms with Gasteiger partial charge >= 0.3 is 0 Å². The van der Waals surface area contributed by atoms with Crippen LogP contribution in [-0.4, -0.2) is 20.8 Å².